The van der Waals surface area contributed by atoms with Crippen molar-refractivity contribution in [2.75, 3.05) is 18.2 Å². The maximum absolute atomic E-state index is 12.7. The molecule has 0 aromatic carbocycles. The Bertz CT molecular complexity index is 711. The van der Waals surface area contributed by atoms with Crippen molar-refractivity contribution >= 4 is 41.5 Å². The molecule has 1 amide bonds. The third kappa shape index (κ3) is 7.36. The van der Waals surface area contributed by atoms with E-state index in [1.54, 1.807) is 0 Å². The predicted molar refractivity (Wildman–Crippen MR) is 104 cm³/mol. The zero-order valence-corrected chi connectivity index (χ0v) is 18.4. The summed E-state index contributed by atoms with van der Waals surface area (Å²) in [5.74, 6) is -2.14. The highest BCUT2D eigenvalue weighted by Gasteiger charge is 2.52. The summed E-state index contributed by atoms with van der Waals surface area (Å²) in [7, 11) is 0. The zero-order valence-electron chi connectivity index (χ0n) is 17.6. The second-order valence-corrected chi connectivity index (χ2v) is 7.94. The SMILES string of the molecule is CC(=O)OCC1OC(OC(C)=O)C(NC(=O)C2CSCN2)C(OC(C)=O)C1OC(C)=O. The highest BCUT2D eigenvalue weighted by Crippen LogP contribution is 2.28. The smallest absolute Gasteiger partial charge is 0.305 e. The van der Waals surface area contributed by atoms with Gasteiger partial charge in [-0.15, -0.1) is 11.8 Å². The lowest BCUT2D eigenvalue weighted by Crippen LogP contribution is -2.68. The van der Waals surface area contributed by atoms with E-state index in [0.29, 0.717) is 11.6 Å². The summed E-state index contributed by atoms with van der Waals surface area (Å²) in [4.78, 5) is 59.1. The second kappa shape index (κ2) is 11.3. The van der Waals surface area contributed by atoms with Crippen molar-refractivity contribution < 1.29 is 47.7 Å². The maximum atomic E-state index is 12.7. The summed E-state index contributed by atoms with van der Waals surface area (Å²) in [5.41, 5.74) is 0. The molecular formula is C18H26N2O10S. The van der Waals surface area contributed by atoms with Gasteiger partial charge in [-0.25, -0.2) is 0 Å². The van der Waals surface area contributed by atoms with Crippen LogP contribution in [0.2, 0.25) is 0 Å². The fourth-order valence-electron chi connectivity index (χ4n) is 3.15. The summed E-state index contributed by atoms with van der Waals surface area (Å²) < 4.78 is 26.5. The van der Waals surface area contributed by atoms with E-state index in [0.717, 1.165) is 20.8 Å². The van der Waals surface area contributed by atoms with Gasteiger partial charge in [-0.3, -0.25) is 29.3 Å². The Balaban J connectivity index is 2.37. The Kier molecular flexibility index (Phi) is 9.07. The minimum absolute atomic E-state index is 0.371. The van der Waals surface area contributed by atoms with E-state index in [9.17, 15) is 24.0 Å². The molecule has 2 aliphatic rings. The summed E-state index contributed by atoms with van der Waals surface area (Å²) in [5, 5.41) is 5.66. The van der Waals surface area contributed by atoms with E-state index in [1.165, 1.54) is 18.7 Å². The minimum Gasteiger partial charge on any atom is -0.463 e. The van der Waals surface area contributed by atoms with Gasteiger partial charge in [0.25, 0.3) is 0 Å². The average molecular weight is 462 g/mol. The third-order valence-corrected chi connectivity index (χ3v) is 5.26. The van der Waals surface area contributed by atoms with E-state index in [4.69, 9.17) is 23.7 Å². The number of thioether (sulfide) groups is 1. The van der Waals surface area contributed by atoms with Crippen molar-refractivity contribution in [3.05, 3.63) is 0 Å². The second-order valence-electron chi connectivity index (χ2n) is 6.91. The van der Waals surface area contributed by atoms with Gasteiger partial charge in [0.2, 0.25) is 12.2 Å². The average Bonchev–Trinajstić information content (AvgIpc) is 3.18. The number of carbonyl (C=O) groups is 5. The van der Waals surface area contributed by atoms with Gasteiger partial charge >= 0.3 is 23.9 Å². The molecule has 6 atom stereocenters. The molecule has 31 heavy (non-hydrogen) atoms. The highest BCUT2D eigenvalue weighted by molar-refractivity contribution is 7.99. The normalized spacial score (nSPS) is 30.1. The number of hydrogen-bond donors (Lipinski definition) is 2. The van der Waals surface area contributed by atoms with Crippen LogP contribution in [0.15, 0.2) is 0 Å². The Hall–Kier alpha value is -2.38. The van der Waals surface area contributed by atoms with Crippen LogP contribution < -0.4 is 10.6 Å². The first kappa shape index (κ1) is 24.9. The van der Waals surface area contributed by atoms with Crippen LogP contribution >= 0.6 is 11.8 Å². The lowest BCUT2D eigenvalue weighted by atomic mass is 9.95. The van der Waals surface area contributed by atoms with E-state index in [2.05, 4.69) is 10.6 Å². The number of hydrogen-bond acceptors (Lipinski definition) is 12. The molecule has 2 N–H and O–H groups in total. The largest absolute Gasteiger partial charge is 0.463 e. The highest BCUT2D eigenvalue weighted by atomic mass is 32.2. The molecule has 0 aliphatic carbocycles. The molecule has 2 heterocycles. The zero-order chi connectivity index (χ0) is 23.1. The Morgan fingerprint density at radius 2 is 1.55 bits per heavy atom. The molecule has 13 heteroatoms. The van der Waals surface area contributed by atoms with Gasteiger partial charge in [-0.1, -0.05) is 0 Å². The van der Waals surface area contributed by atoms with Gasteiger partial charge < -0.3 is 29.0 Å². The fraction of sp³-hybridized carbons (Fsp3) is 0.722. The number of rotatable bonds is 7. The molecule has 2 aliphatic heterocycles. The van der Waals surface area contributed by atoms with E-state index >= 15 is 0 Å². The third-order valence-electron chi connectivity index (χ3n) is 4.33. The molecule has 0 bridgehead atoms. The monoisotopic (exact) mass is 462 g/mol. The summed E-state index contributed by atoms with van der Waals surface area (Å²) in [6.45, 7) is 4.21. The Labute approximate surface area is 183 Å². The van der Waals surface area contributed by atoms with E-state index < -0.39 is 66.5 Å². The molecule has 0 radical (unpaired) electrons. The number of ether oxygens (including phenoxy) is 5. The van der Waals surface area contributed by atoms with Crippen LogP contribution in [-0.4, -0.2) is 84.7 Å². The van der Waals surface area contributed by atoms with Crippen LogP contribution in [0.4, 0.5) is 0 Å². The molecule has 0 aromatic heterocycles. The van der Waals surface area contributed by atoms with Crippen LogP contribution in [0.5, 0.6) is 0 Å². The molecule has 0 saturated carbocycles. The van der Waals surface area contributed by atoms with Crippen LogP contribution in [-0.2, 0) is 47.7 Å². The van der Waals surface area contributed by atoms with Crippen molar-refractivity contribution in [1.82, 2.24) is 10.6 Å². The minimum atomic E-state index is -1.40. The van der Waals surface area contributed by atoms with Crippen molar-refractivity contribution in [2.24, 2.45) is 0 Å². The molecule has 0 spiro atoms. The fourth-order valence-corrected chi connectivity index (χ4v) is 4.09. The van der Waals surface area contributed by atoms with Gasteiger partial charge in [0.15, 0.2) is 12.2 Å². The molecule has 2 rings (SSSR count). The molecule has 12 nitrogen and oxygen atoms in total. The van der Waals surface area contributed by atoms with E-state index in [1.807, 2.05) is 0 Å². The van der Waals surface area contributed by atoms with Gasteiger partial charge in [-0.05, 0) is 0 Å². The van der Waals surface area contributed by atoms with Gasteiger partial charge in [0.1, 0.15) is 18.8 Å². The molecule has 0 aromatic rings. The van der Waals surface area contributed by atoms with E-state index in [-0.39, 0.29) is 6.61 Å². The first-order valence-electron chi connectivity index (χ1n) is 9.50. The first-order valence-corrected chi connectivity index (χ1v) is 10.7. The topological polar surface area (TPSA) is 156 Å². The van der Waals surface area contributed by atoms with Crippen molar-refractivity contribution in [2.45, 2.75) is 64.4 Å². The van der Waals surface area contributed by atoms with Gasteiger partial charge in [-0.2, -0.15) is 0 Å². The maximum Gasteiger partial charge on any atom is 0.305 e. The first-order chi connectivity index (χ1) is 14.6. The predicted octanol–water partition coefficient (Wildman–Crippen LogP) is -1.15. The lowest BCUT2D eigenvalue weighted by Gasteiger charge is -2.44. The molecule has 2 fully saturated rings. The summed E-state index contributed by atoms with van der Waals surface area (Å²) in [6.07, 6.45) is -5.05. The van der Waals surface area contributed by atoms with Crippen LogP contribution in [0.25, 0.3) is 0 Å². The van der Waals surface area contributed by atoms with Gasteiger partial charge in [0.05, 0.1) is 6.04 Å². The number of nitrogens with one attached hydrogen (secondary N) is 2. The summed E-state index contributed by atoms with van der Waals surface area (Å²) in [6, 6.07) is -1.71. The number of amides is 1. The number of carbonyl (C=O) groups excluding carboxylic acids is 5. The van der Waals surface area contributed by atoms with Gasteiger partial charge in [0, 0.05) is 39.3 Å². The lowest BCUT2D eigenvalue weighted by molar-refractivity contribution is -0.271. The van der Waals surface area contributed by atoms with Crippen molar-refractivity contribution in [3.8, 4) is 0 Å². The Morgan fingerprint density at radius 3 is 2.06 bits per heavy atom. The standard InChI is InChI=1S/C18H26N2O10S/c1-8(21)26-5-13-15(27-9(2)22)16(28-10(3)23)14(18(30-13)29-11(4)24)20-17(25)12-6-31-7-19-12/h12-16,18-19H,5-7H2,1-4H3,(H,20,25). The molecule has 6 unspecified atom stereocenters. The molecule has 2 saturated heterocycles. The van der Waals surface area contributed by atoms with Crippen molar-refractivity contribution in [1.29, 1.82) is 0 Å². The summed E-state index contributed by atoms with van der Waals surface area (Å²) >= 11 is 1.52. The quantitative estimate of drug-likeness (QED) is 0.346. The Morgan fingerprint density at radius 1 is 0.935 bits per heavy atom. The van der Waals surface area contributed by atoms with Crippen LogP contribution in [0.3, 0.4) is 0 Å². The van der Waals surface area contributed by atoms with Crippen LogP contribution in [0.1, 0.15) is 27.7 Å². The molecule has 174 valence electrons. The number of esters is 4. The van der Waals surface area contributed by atoms with Crippen LogP contribution in [0, 0.1) is 0 Å². The molecular weight excluding hydrogens is 436 g/mol. The van der Waals surface area contributed by atoms with Crippen molar-refractivity contribution in [3.63, 3.8) is 0 Å².